The number of aliphatic carboxylic acids is 1. The summed E-state index contributed by atoms with van der Waals surface area (Å²) in [7, 11) is -3.67. The van der Waals surface area contributed by atoms with E-state index in [1.165, 1.54) is 9.87 Å². The lowest BCUT2D eigenvalue weighted by Gasteiger charge is -2.38. The van der Waals surface area contributed by atoms with Gasteiger partial charge < -0.3 is 5.11 Å². The van der Waals surface area contributed by atoms with Crippen LogP contribution in [0.1, 0.15) is 36.4 Å². The van der Waals surface area contributed by atoms with E-state index in [-0.39, 0.29) is 17.4 Å². The zero-order valence-corrected chi connectivity index (χ0v) is 16.4. The van der Waals surface area contributed by atoms with E-state index in [0.717, 1.165) is 19.6 Å². The fraction of sp³-hybridized carbons (Fsp3) is 0.381. The van der Waals surface area contributed by atoms with Crippen LogP contribution in [0, 0.1) is 0 Å². The molecule has 1 fully saturated rings. The van der Waals surface area contributed by atoms with Gasteiger partial charge in [0, 0.05) is 25.7 Å². The first kappa shape index (κ1) is 19.1. The van der Waals surface area contributed by atoms with Crippen molar-refractivity contribution >= 4 is 16.0 Å². The number of rotatable bonds is 5. The average molecular weight is 401 g/mol. The van der Waals surface area contributed by atoms with Crippen LogP contribution >= 0.6 is 0 Å². The first-order chi connectivity index (χ1) is 13.5. The molecule has 0 radical (unpaired) electrons. The van der Waals surface area contributed by atoms with E-state index < -0.39 is 22.0 Å². The summed E-state index contributed by atoms with van der Waals surface area (Å²) >= 11 is 0. The number of carbonyl (C=O) groups is 1. The lowest BCUT2D eigenvalue weighted by atomic mass is 9.98. The Morgan fingerprint density at radius 3 is 2.32 bits per heavy atom. The molecule has 6 nitrogen and oxygen atoms in total. The molecule has 1 N–H and O–H groups in total. The molecule has 1 atom stereocenters. The van der Waals surface area contributed by atoms with Gasteiger partial charge in [-0.25, -0.2) is 8.42 Å². The number of fused-ring (bicyclic) bond motifs is 1. The highest BCUT2D eigenvalue weighted by Crippen LogP contribution is 2.44. The predicted molar refractivity (Wildman–Crippen MR) is 105 cm³/mol. The van der Waals surface area contributed by atoms with Crippen LogP contribution in [-0.4, -0.2) is 47.8 Å². The maximum Gasteiger partial charge on any atom is 0.305 e. The van der Waals surface area contributed by atoms with Crippen molar-refractivity contribution in [1.82, 2.24) is 9.21 Å². The largest absolute Gasteiger partial charge is 0.481 e. The zero-order chi connectivity index (χ0) is 19.7. The summed E-state index contributed by atoms with van der Waals surface area (Å²) < 4.78 is 27.8. The van der Waals surface area contributed by atoms with Crippen molar-refractivity contribution in [1.29, 1.82) is 0 Å². The van der Waals surface area contributed by atoms with Crippen LogP contribution in [0.25, 0.3) is 0 Å². The lowest BCUT2D eigenvalue weighted by molar-refractivity contribution is -0.138. The number of sulfonamides is 1. The van der Waals surface area contributed by atoms with Crippen molar-refractivity contribution in [2.45, 2.75) is 42.8 Å². The van der Waals surface area contributed by atoms with E-state index in [9.17, 15) is 18.3 Å². The summed E-state index contributed by atoms with van der Waals surface area (Å²) in [4.78, 5) is 14.0. The van der Waals surface area contributed by atoms with E-state index in [1.807, 2.05) is 18.2 Å². The van der Waals surface area contributed by atoms with Gasteiger partial charge in [0.15, 0.2) is 0 Å². The summed E-state index contributed by atoms with van der Waals surface area (Å²) in [5.74, 6) is -0.983. The number of carboxylic acid groups (broad SMARTS) is 1. The highest BCUT2D eigenvalue weighted by Gasteiger charge is 2.47. The smallest absolute Gasteiger partial charge is 0.305 e. The molecule has 28 heavy (non-hydrogen) atoms. The van der Waals surface area contributed by atoms with Gasteiger partial charge in [0.2, 0.25) is 10.0 Å². The first-order valence-electron chi connectivity index (χ1n) is 9.57. The standard InChI is InChI=1S/C21H24N2O4S/c24-21(25)14-19-18-8-4-5-9-20(18)28(26,27)23(19)17-10-12-22(13-11-17)15-16-6-2-1-3-7-16/h1-9,17,19H,10-15H2,(H,24,25). The van der Waals surface area contributed by atoms with Crippen molar-refractivity contribution < 1.29 is 18.3 Å². The summed E-state index contributed by atoms with van der Waals surface area (Å²) in [6.45, 7) is 2.43. The van der Waals surface area contributed by atoms with Crippen LogP contribution < -0.4 is 0 Å². The Kier molecular flexibility index (Phi) is 5.23. The molecule has 0 spiro atoms. The molecule has 0 aromatic heterocycles. The Bertz CT molecular complexity index is 953. The van der Waals surface area contributed by atoms with Gasteiger partial charge in [0.05, 0.1) is 17.4 Å². The average Bonchev–Trinajstić information content (AvgIpc) is 2.90. The Labute approximate surface area is 165 Å². The number of nitrogens with zero attached hydrogens (tertiary/aromatic N) is 2. The zero-order valence-electron chi connectivity index (χ0n) is 15.6. The predicted octanol–water partition coefficient (Wildman–Crippen LogP) is 2.87. The number of benzene rings is 2. The molecule has 2 aromatic rings. The van der Waals surface area contributed by atoms with Crippen LogP contribution in [0.5, 0.6) is 0 Å². The van der Waals surface area contributed by atoms with Gasteiger partial charge in [-0.1, -0.05) is 48.5 Å². The number of likely N-dealkylation sites (tertiary alicyclic amines) is 1. The van der Waals surface area contributed by atoms with Crippen LogP contribution in [0.4, 0.5) is 0 Å². The van der Waals surface area contributed by atoms with Crippen molar-refractivity contribution in [3.05, 3.63) is 65.7 Å². The Morgan fingerprint density at radius 2 is 1.64 bits per heavy atom. The topological polar surface area (TPSA) is 77.9 Å². The van der Waals surface area contributed by atoms with Gasteiger partial charge in [-0.2, -0.15) is 4.31 Å². The highest BCUT2D eigenvalue weighted by atomic mass is 32.2. The molecule has 1 saturated heterocycles. The Hall–Kier alpha value is -2.22. The second kappa shape index (κ2) is 7.66. The van der Waals surface area contributed by atoms with Gasteiger partial charge in [0.25, 0.3) is 0 Å². The lowest BCUT2D eigenvalue weighted by Crippen LogP contribution is -2.46. The molecular formula is C21H24N2O4S. The van der Waals surface area contributed by atoms with Crippen LogP contribution in [0.2, 0.25) is 0 Å². The van der Waals surface area contributed by atoms with Crippen LogP contribution in [-0.2, 0) is 21.4 Å². The molecule has 0 bridgehead atoms. The minimum atomic E-state index is -3.67. The maximum absolute atomic E-state index is 13.2. The molecule has 2 aliphatic rings. The first-order valence-corrected chi connectivity index (χ1v) is 11.0. The minimum Gasteiger partial charge on any atom is -0.481 e. The van der Waals surface area contributed by atoms with E-state index in [2.05, 4.69) is 17.0 Å². The van der Waals surface area contributed by atoms with Crippen molar-refractivity contribution in [2.75, 3.05) is 13.1 Å². The molecule has 2 heterocycles. The molecule has 0 saturated carbocycles. The number of hydrogen-bond donors (Lipinski definition) is 1. The third-order valence-electron chi connectivity index (χ3n) is 5.67. The van der Waals surface area contributed by atoms with Gasteiger partial charge in [-0.3, -0.25) is 9.69 Å². The van der Waals surface area contributed by atoms with E-state index in [4.69, 9.17) is 0 Å². The summed E-state index contributed by atoms with van der Waals surface area (Å²) in [5.41, 5.74) is 1.85. The summed E-state index contributed by atoms with van der Waals surface area (Å²) in [6.07, 6.45) is 1.20. The molecule has 4 rings (SSSR count). The van der Waals surface area contributed by atoms with Gasteiger partial charge >= 0.3 is 5.97 Å². The SMILES string of the molecule is O=C(O)CC1c2ccccc2S(=O)(=O)N1C1CCN(Cc2ccccc2)CC1. The normalized spacial score (nSPS) is 22.8. The summed E-state index contributed by atoms with van der Waals surface area (Å²) in [5, 5.41) is 9.36. The molecule has 148 valence electrons. The van der Waals surface area contributed by atoms with Crippen molar-refractivity contribution in [2.24, 2.45) is 0 Å². The minimum absolute atomic E-state index is 0.172. The number of carboxylic acids is 1. The van der Waals surface area contributed by atoms with Crippen molar-refractivity contribution in [3.63, 3.8) is 0 Å². The van der Waals surface area contributed by atoms with E-state index >= 15 is 0 Å². The molecule has 2 aliphatic heterocycles. The second-order valence-electron chi connectivity index (χ2n) is 7.48. The second-order valence-corrected chi connectivity index (χ2v) is 9.29. The van der Waals surface area contributed by atoms with Crippen LogP contribution in [0.3, 0.4) is 0 Å². The quantitative estimate of drug-likeness (QED) is 0.835. The maximum atomic E-state index is 13.2. The molecular weight excluding hydrogens is 376 g/mol. The third kappa shape index (κ3) is 3.57. The van der Waals surface area contributed by atoms with E-state index in [1.54, 1.807) is 24.3 Å². The molecule has 0 aliphatic carbocycles. The fourth-order valence-electron chi connectivity index (χ4n) is 4.40. The molecule has 1 unspecified atom stereocenters. The highest BCUT2D eigenvalue weighted by molar-refractivity contribution is 7.89. The van der Waals surface area contributed by atoms with Gasteiger partial charge in [-0.05, 0) is 30.0 Å². The van der Waals surface area contributed by atoms with Crippen molar-refractivity contribution in [3.8, 4) is 0 Å². The molecule has 0 amide bonds. The monoisotopic (exact) mass is 400 g/mol. The van der Waals surface area contributed by atoms with Gasteiger partial charge in [-0.15, -0.1) is 0 Å². The van der Waals surface area contributed by atoms with Gasteiger partial charge in [0.1, 0.15) is 0 Å². The van der Waals surface area contributed by atoms with Crippen LogP contribution in [0.15, 0.2) is 59.5 Å². The summed E-state index contributed by atoms with van der Waals surface area (Å²) in [6, 6.07) is 16.2. The third-order valence-corrected chi connectivity index (χ3v) is 7.71. The van der Waals surface area contributed by atoms with E-state index in [0.29, 0.717) is 18.4 Å². The number of hydrogen-bond acceptors (Lipinski definition) is 4. The number of piperidine rings is 1. The molecule has 7 heteroatoms. The fourth-order valence-corrected chi connectivity index (χ4v) is 6.50. The Morgan fingerprint density at radius 1 is 1.00 bits per heavy atom. The molecule has 2 aromatic carbocycles. The Balaban J connectivity index is 1.52.